The number of anilines is 1. The summed E-state index contributed by atoms with van der Waals surface area (Å²) >= 11 is 0. The Hall–Kier alpha value is -1.90. The third-order valence-electron chi connectivity index (χ3n) is 4.75. The Bertz CT molecular complexity index is 717. The number of nitrogens with one attached hydrogen (secondary N) is 1. The van der Waals surface area contributed by atoms with Crippen LogP contribution in [-0.2, 0) is 13.0 Å². The molecule has 0 bridgehead atoms. The summed E-state index contributed by atoms with van der Waals surface area (Å²) in [5.74, 6) is 1.77. The number of aromatic nitrogens is 4. The molecular weight excluding hydrogens is 389 g/mol. The molecule has 0 aliphatic carbocycles. The normalized spacial score (nSPS) is 17.0. The van der Waals surface area contributed by atoms with Gasteiger partial charge in [-0.3, -0.25) is 4.79 Å². The van der Waals surface area contributed by atoms with Crippen molar-refractivity contribution in [2.24, 2.45) is 0 Å². The molecule has 2 aliphatic rings. The van der Waals surface area contributed by atoms with Crippen LogP contribution in [0, 0.1) is 0 Å². The Balaban J connectivity index is 0.00000131. The number of halogens is 2. The van der Waals surface area contributed by atoms with E-state index in [1.54, 1.807) is 12.4 Å². The number of carbonyl (C=O) groups is 1. The largest absolute Gasteiger partial charge is 0.339 e. The highest BCUT2D eigenvalue weighted by Gasteiger charge is 2.24. The smallest absolute Gasteiger partial charge is 0.274 e. The van der Waals surface area contributed by atoms with E-state index in [0.29, 0.717) is 12.2 Å². The Morgan fingerprint density at radius 1 is 1.00 bits per heavy atom. The lowest BCUT2D eigenvalue weighted by Gasteiger charge is -2.21. The maximum absolute atomic E-state index is 12.9. The van der Waals surface area contributed by atoms with Gasteiger partial charge >= 0.3 is 0 Å². The zero-order valence-electron chi connectivity index (χ0n) is 15.1. The Kier molecular flexibility index (Phi) is 7.82. The summed E-state index contributed by atoms with van der Waals surface area (Å²) in [6.07, 6.45) is 7.19. The van der Waals surface area contributed by atoms with Crippen molar-refractivity contribution in [1.29, 1.82) is 0 Å². The van der Waals surface area contributed by atoms with Gasteiger partial charge in [0.2, 0.25) is 5.95 Å². The second-order valence-electron chi connectivity index (χ2n) is 6.42. The molecule has 0 aromatic carbocycles. The number of hydrogen-bond donors (Lipinski definition) is 1. The molecule has 0 unspecified atom stereocenters. The lowest BCUT2D eigenvalue weighted by molar-refractivity contribution is 0.0761. The number of fused-ring (bicyclic) bond motifs is 1. The van der Waals surface area contributed by atoms with Gasteiger partial charge in [0.25, 0.3) is 5.91 Å². The van der Waals surface area contributed by atoms with Gasteiger partial charge in [-0.2, -0.15) is 0 Å². The first-order valence-electron chi connectivity index (χ1n) is 8.89. The number of nitrogens with zero attached hydrogens (tertiary/aromatic N) is 6. The van der Waals surface area contributed by atoms with E-state index in [1.165, 1.54) is 0 Å². The molecule has 1 fully saturated rings. The average molecular weight is 414 g/mol. The minimum absolute atomic E-state index is 0. The summed E-state index contributed by atoms with van der Waals surface area (Å²) in [4.78, 5) is 30.1. The minimum Gasteiger partial charge on any atom is -0.339 e. The minimum atomic E-state index is 0. The molecule has 1 amide bonds. The fourth-order valence-corrected chi connectivity index (χ4v) is 3.41. The zero-order valence-corrected chi connectivity index (χ0v) is 16.7. The zero-order chi connectivity index (χ0) is 17.1. The maximum atomic E-state index is 12.9. The fourth-order valence-electron chi connectivity index (χ4n) is 3.41. The number of rotatable bonds is 2. The summed E-state index contributed by atoms with van der Waals surface area (Å²) in [6.45, 7) is 5.72. The Morgan fingerprint density at radius 3 is 2.63 bits per heavy atom. The van der Waals surface area contributed by atoms with E-state index in [2.05, 4.69) is 29.7 Å². The van der Waals surface area contributed by atoms with Crippen LogP contribution in [0.15, 0.2) is 24.7 Å². The van der Waals surface area contributed by atoms with Gasteiger partial charge in [-0.1, -0.05) is 0 Å². The Labute approximate surface area is 171 Å². The lowest BCUT2D eigenvalue weighted by Crippen LogP contribution is -2.35. The third kappa shape index (κ3) is 4.88. The Morgan fingerprint density at radius 2 is 1.81 bits per heavy atom. The van der Waals surface area contributed by atoms with Crippen molar-refractivity contribution in [3.8, 4) is 0 Å². The van der Waals surface area contributed by atoms with Gasteiger partial charge in [-0.05, 0) is 12.5 Å². The highest BCUT2D eigenvalue weighted by atomic mass is 35.5. The topological polar surface area (TPSA) is 79.2 Å². The number of amides is 1. The molecule has 0 saturated carbocycles. The van der Waals surface area contributed by atoms with E-state index in [9.17, 15) is 4.79 Å². The second kappa shape index (κ2) is 9.87. The number of carbonyl (C=O) groups excluding carboxylic acids is 1. The van der Waals surface area contributed by atoms with Crippen molar-refractivity contribution in [1.82, 2.24) is 29.7 Å². The van der Waals surface area contributed by atoms with Gasteiger partial charge in [0, 0.05) is 70.8 Å². The van der Waals surface area contributed by atoms with Crippen LogP contribution in [0.3, 0.4) is 0 Å². The van der Waals surface area contributed by atoms with Crippen LogP contribution in [0.1, 0.15) is 22.7 Å². The molecule has 4 heterocycles. The van der Waals surface area contributed by atoms with Crippen LogP contribution in [0.2, 0.25) is 0 Å². The second-order valence-corrected chi connectivity index (χ2v) is 6.42. The first-order valence-corrected chi connectivity index (χ1v) is 8.89. The van der Waals surface area contributed by atoms with Crippen LogP contribution in [-0.4, -0.2) is 69.6 Å². The van der Waals surface area contributed by atoms with Gasteiger partial charge in [-0.15, -0.1) is 24.8 Å². The van der Waals surface area contributed by atoms with Crippen molar-refractivity contribution < 1.29 is 4.79 Å². The molecule has 148 valence electrons. The van der Waals surface area contributed by atoms with Crippen LogP contribution in [0.25, 0.3) is 0 Å². The molecule has 4 rings (SSSR count). The van der Waals surface area contributed by atoms with Gasteiger partial charge < -0.3 is 19.7 Å². The molecule has 0 atom stereocenters. The van der Waals surface area contributed by atoms with E-state index < -0.39 is 0 Å². The third-order valence-corrected chi connectivity index (χ3v) is 4.75. The molecule has 0 radical (unpaired) electrons. The first kappa shape index (κ1) is 21.4. The molecule has 2 aliphatic heterocycles. The molecule has 1 saturated heterocycles. The van der Waals surface area contributed by atoms with Gasteiger partial charge in [0.1, 0.15) is 11.5 Å². The van der Waals surface area contributed by atoms with E-state index in [1.807, 2.05) is 17.2 Å². The molecule has 2 aromatic rings. The van der Waals surface area contributed by atoms with E-state index >= 15 is 0 Å². The molecule has 27 heavy (non-hydrogen) atoms. The molecule has 8 nitrogen and oxygen atoms in total. The monoisotopic (exact) mass is 413 g/mol. The SMILES string of the molecule is Cl.Cl.O=C(c1cn2c(n1)CCNCC2)N1CCCN(c2ncccn2)CC1. The molecule has 0 spiro atoms. The first-order chi connectivity index (χ1) is 12.3. The van der Waals surface area contributed by atoms with E-state index in [4.69, 9.17) is 0 Å². The predicted molar refractivity (Wildman–Crippen MR) is 108 cm³/mol. The summed E-state index contributed by atoms with van der Waals surface area (Å²) in [5.41, 5.74) is 0.571. The molecule has 2 aromatic heterocycles. The van der Waals surface area contributed by atoms with Gasteiger partial charge in [-0.25, -0.2) is 15.0 Å². The van der Waals surface area contributed by atoms with Gasteiger partial charge in [0.15, 0.2) is 0 Å². The molecular formula is C17H25Cl2N7O. The van der Waals surface area contributed by atoms with Crippen molar-refractivity contribution >= 4 is 36.7 Å². The maximum Gasteiger partial charge on any atom is 0.274 e. The lowest BCUT2D eigenvalue weighted by atomic mass is 10.3. The number of hydrogen-bond acceptors (Lipinski definition) is 6. The van der Waals surface area contributed by atoms with Gasteiger partial charge in [0.05, 0.1) is 0 Å². The molecule has 10 heteroatoms. The van der Waals surface area contributed by atoms with Crippen molar-refractivity contribution in [2.75, 3.05) is 44.2 Å². The standard InChI is InChI=1S/C17H23N7O.2ClH/c25-16(14-13-24-10-7-18-6-3-15(24)21-14)22-8-2-9-23(12-11-22)17-19-4-1-5-20-17;;/h1,4-5,13,18H,2-3,6-12H2;2*1H. The highest BCUT2D eigenvalue weighted by molar-refractivity contribution is 5.92. The molecule has 1 N–H and O–H groups in total. The fraction of sp³-hybridized carbons (Fsp3) is 0.529. The van der Waals surface area contributed by atoms with Crippen LogP contribution in [0.4, 0.5) is 5.95 Å². The van der Waals surface area contributed by atoms with Crippen LogP contribution in [0.5, 0.6) is 0 Å². The van der Waals surface area contributed by atoms with E-state index in [-0.39, 0.29) is 30.7 Å². The summed E-state index contributed by atoms with van der Waals surface area (Å²) < 4.78 is 2.11. The highest BCUT2D eigenvalue weighted by Crippen LogP contribution is 2.14. The van der Waals surface area contributed by atoms with Crippen molar-refractivity contribution in [2.45, 2.75) is 19.4 Å². The van der Waals surface area contributed by atoms with Crippen LogP contribution >= 0.6 is 24.8 Å². The number of imidazole rings is 1. The average Bonchev–Trinajstić information content (AvgIpc) is 2.82. The summed E-state index contributed by atoms with van der Waals surface area (Å²) in [6, 6.07) is 1.81. The van der Waals surface area contributed by atoms with Crippen molar-refractivity contribution in [3.05, 3.63) is 36.2 Å². The predicted octanol–water partition coefficient (Wildman–Crippen LogP) is 1.01. The van der Waals surface area contributed by atoms with Crippen molar-refractivity contribution in [3.63, 3.8) is 0 Å². The summed E-state index contributed by atoms with van der Waals surface area (Å²) in [5, 5.41) is 3.35. The van der Waals surface area contributed by atoms with Crippen LogP contribution < -0.4 is 10.2 Å². The quantitative estimate of drug-likeness (QED) is 0.791. The summed E-state index contributed by atoms with van der Waals surface area (Å²) in [7, 11) is 0. The van der Waals surface area contributed by atoms with E-state index in [0.717, 1.165) is 63.9 Å².